The fourth-order valence-corrected chi connectivity index (χ4v) is 3.02. The molecular formula is C20H32ClNO3. The van der Waals surface area contributed by atoms with Crippen molar-refractivity contribution in [2.45, 2.75) is 72.3 Å². The van der Waals surface area contributed by atoms with E-state index in [1.807, 2.05) is 6.92 Å². The summed E-state index contributed by atoms with van der Waals surface area (Å²) in [5.74, 6) is -0.244. The monoisotopic (exact) mass is 369 g/mol. The van der Waals surface area contributed by atoms with Gasteiger partial charge in [0, 0.05) is 31.1 Å². The van der Waals surface area contributed by atoms with Gasteiger partial charge in [0.15, 0.2) is 0 Å². The van der Waals surface area contributed by atoms with E-state index in [-0.39, 0.29) is 35.7 Å². The van der Waals surface area contributed by atoms with Gasteiger partial charge in [0.1, 0.15) is 6.10 Å². The molecule has 0 bridgehead atoms. The molecule has 0 saturated carbocycles. The summed E-state index contributed by atoms with van der Waals surface area (Å²) in [7, 11) is 1.73. The van der Waals surface area contributed by atoms with Crippen LogP contribution in [0.4, 0.5) is 0 Å². The lowest BCUT2D eigenvalue weighted by molar-refractivity contribution is -0.153. The van der Waals surface area contributed by atoms with Crippen molar-refractivity contribution in [1.82, 2.24) is 4.90 Å². The predicted molar refractivity (Wildman–Crippen MR) is 102 cm³/mol. The first-order valence-corrected chi connectivity index (χ1v) is 9.49. The van der Waals surface area contributed by atoms with Gasteiger partial charge in [-0.15, -0.1) is 0 Å². The van der Waals surface area contributed by atoms with E-state index < -0.39 is 0 Å². The highest BCUT2D eigenvalue weighted by Gasteiger charge is 2.29. The van der Waals surface area contributed by atoms with Crippen LogP contribution in [0, 0.1) is 11.3 Å². The number of hydrogen-bond donors (Lipinski definition) is 0. The van der Waals surface area contributed by atoms with E-state index in [9.17, 15) is 9.59 Å². The van der Waals surface area contributed by atoms with Crippen LogP contribution in [-0.2, 0) is 14.3 Å². The molecule has 0 N–H and O–H groups in total. The van der Waals surface area contributed by atoms with Crippen LogP contribution >= 0.6 is 11.6 Å². The molecule has 1 heterocycles. The second kappa shape index (κ2) is 10.0. The number of carbonyl (C=O) groups is 2. The van der Waals surface area contributed by atoms with Crippen LogP contribution in [0.2, 0.25) is 0 Å². The molecule has 2 atom stereocenters. The molecule has 1 aliphatic rings. The molecule has 1 aliphatic heterocycles. The van der Waals surface area contributed by atoms with E-state index in [0.717, 1.165) is 31.3 Å². The lowest BCUT2D eigenvalue weighted by atomic mass is 9.84. The maximum absolute atomic E-state index is 12.3. The molecule has 4 nitrogen and oxygen atoms in total. The minimum Gasteiger partial charge on any atom is -0.461 e. The second-order valence-corrected chi connectivity index (χ2v) is 8.22. The van der Waals surface area contributed by atoms with E-state index in [4.69, 9.17) is 16.3 Å². The Morgan fingerprint density at radius 2 is 1.96 bits per heavy atom. The molecule has 0 aromatic rings. The summed E-state index contributed by atoms with van der Waals surface area (Å²) in [5, 5.41) is 0. The summed E-state index contributed by atoms with van der Waals surface area (Å²) in [5.41, 5.74) is 2.54. The van der Waals surface area contributed by atoms with Gasteiger partial charge in [0.25, 0.3) is 0 Å². The van der Waals surface area contributed by atoms with Gasteiger partial charge < -0.3 is 9.64 Å². The zero-order valence-corrected chi connectivity index (χ0v) is 16.9. The van der Waals surface area contributed by atoms with Crippen LogP contribution in [0.3, 0.4) is 0 Å². The third kappa shape index (κ3) is 7.64. The van der Waals surface area contributed by atoms with Gasteiger partial charge >= 0.3 is 5.97 Å². The van der Waals surface area contributed by atoms with Gasteiger partial charge in [-0.1, -0.05) is 57.4 Å². The number of halogens is 1. The first-order valence-electron chi connectivity index (χ1n) is 9.06. The fraction of sp³-hybridized carbons (Fsp3) is 0.700. The van der Waals surface area contributed by atoms with Gasteiger partial charge in [-0.2, -0.15) is 0 Å². The Morgan fingerprint density at radius 1 is 1.28 bits per heavy atom. The highest BCUT2D eigenvalue weighted by atomic mass is 35.5. The Balaban J connectivity index is 2.95. The van der Waals surface area contributed by atoms with Crippen molar-refractivity contribution in [2.24, 2.45) is 11.3 Å². The van der Waals surface area contributed by atoms with Crippen molar-refractivity contribution in [3.05, 3.63) is 23.4 Å². The minimum atomic E-state index is -0.283. The number of carbonyl (C=O) groups excluding carboxylic acids is 2. The lowest BCUT2D eigenvalue weighted by Crippen LogP contribution is -2.32. The van der Waals surface area contributed by atoms with Gasteiger partial charge in [-0.3, -0.25) is 9.59 Å². The van der Waals surface area contributed by atoms with Crippen molar-refractivity contribution in [3.63, 3.8) is 0 Å². The highest BCUT2D eigenvalue weighted by Crippen LogP contribution is 2.30. The Kier molecular flexibility index (Phi) is 8.70. The Hall–Kier alpha value is -1.29. The van der Waals surface area contributed by atoms with Crippen molar-refractivity contribution >= 4 is 23.5 Å². The number of ether oxygens (including phenoxy) is 1. The molecule has 2 unspecified atom stereocenters. The van der Waals surface area contributed by atoms with Crippen molar-refractivity contribution < 1.29 is 14.3 Å². The quantitative estimate of drug-likeness (QED) is 0.562. The zero-order chi connectivity index (χ0) is 19.0. The SMILES string of the molecule is CC1CCCC/C(=C\Cl)CC(C(C)(C)C)OC(=O)C/C=C/N(C)C1=O. The van der Waals surface area contributed by atoms with Gasteiger partial charge in [0.2, 0.25) is 5.91 Å². The maximum Gasteiger partial charge on any atom is 0.309 e. The van der Waals surface area contributed by atoms with Crippen molar-refractivity contribution in [2.75, 3.05) is 7.05 Å². The fourth-order valence-electron chi connectivity index (χ4n) is 2.82. The smallest absolute Gasteiger partial charge is 0.309 e. The average Bonchev–Trinajstić information content (AvgIpc) is 2.53. The van der Waals surface area contributed by atoms with Gasteiger partial charge in [0.05, 0.1) is 6.42 Å². The first-order chi connectivity index (χ1) is 11.6. The van der Waals surface area contributed by atoms with Crippen LogP contribution in [0.25, 0.3) is 0 Å². The molecule has 0 saturated heterocycles. The molecule has 0 spiro atoms. The molecule has 5 heteroatoms. The van der Waals surface area contributed by atoms with E-state index in [0.29, 0.717) is 6.42 Å². The second-order valence-electron chi connectivity index (χ2n) is 8.00. The minimum absolute atomic E-state index is 0.0301. The molecule has 25 heavy (non-hydrogen) atoms. The predicted octanol–water partition coefficient (Wildman–Crippen LogP) is 5.03. The molecule has 142 valence electrons. The summed E-state index contributed by atoms with van der Waals surface area (Å²) in [6, 6.07) is 0. The van der Waals surface area contributed by atoms with Gasteiger partial charge in [-0.05, 0) is 24.7 Å². The third-order valence-corrected chi connectivity index (χ3v) is 4.92. The topological polar surface area (TPSA) is 46.6 Å². The molecule has 0 aromatic carbocycles. The van der Waals surface area contributed by atoms with E-state index in [2.05, 4.69) is 20.8 Å². The number of amides is 1. The molecule has 1 amide bonds. The molecule has 1 rings (SSSR count). The summed E-state index contributed by atoms with van der Waals surface area (Å²) in [6.45, 7) is 8.14. The number of hydrogen-bond acceptors (Lipinski definition) is 3. The highest BCUT2D eigenvalue weighted by molar-refractivity contribution is 6.25. The molecule has 0 aliphatic carbocycles. The summed E-state index contributed by atoms with van der Waals surface area (Å²) in [6.07, 6.45) is 7.59. The lowest BCUT2D eigenvalue weighted by Gasteiger charge is -2.31. The average molecular weight is 370 g/mol. The Morgan fingerprint density at radius 3 is 2.56 bits per heavy atom. The zero-order valence-electron chi connectivity index (χ0n) is 16.2. The third-order valence-electron chi connectivity index (χ3n) is 4.61. The number of rotatable bonds is 0. The summed E-state index contributed by atoms with van der Waals surface area (Å²) < 4.78 is 5.71. The molecule has 0 aromatic heterocycles. The number of cyclic esters (lactones) is 1. The maximum atomic E-state index is 12.3. The van der Waals surface area contributed by atoms with Crippen LogP contribution in [0.15, 0.2) is 23.4 Å². The van der Waals surface area contributed by atoms with E-state index >= 15 is 0 Å². The first kappa shape index (κ1) is 21.8. The molecular weight excluding hydrogens is 338 g/mol. The normalized spacial score (nSPS) is 28.2. The van der Waals surface area contributed by atoms with E-state index in [1.54, 1.807) is 29.8 Å². The Bertz CT molecular complexity index is 520. The standard InChI is InChI=1S/C20H32ClNO3/c1-15-9-6-7-10-16(14-21)13-17(20(2,3)4)25-18(23)11-8-12-22(5)19(15)24/h8,12,14-15,17H,6-7,9-11,13H2,1-5H3/b12-8+,16-14+. The summed E-state index contributed by atoms with van der Waals surface area (Å²) in [4.78, 5) is 26.0. The van der Waals surface area contributed by atoms with Crippen LogP contribution in [0.5, 0.6) is 0 Å². The number of nitrogens with zero attached hydrogens (tertiary/aromatic N) is 1. The van der Waals surface area contributed by atoms with E-state index in [1.165, 1.54) is 0 Å². The molecule has 0 radical (unpaired) electrons. The van der Waals surface area contributed by atoms with Crippen LogP contribution in [0.1, 0.15) is 66.2 Å². The number of esters is 1. The Labute approximate surface area is 157 Å². The molecule has 0 fully saturated rings. The van der Waals surface area contributed by atoms with Crippen molar-refractivity contribution in [1.29, 1.82) is 0 Å². The van der Waals surface area contributed by atoms with Crippen molar-refractivity contribution in [3.8, 4) is 0 Å². The summed E-state index contributed by atoms with van der Waals surface area (Å²) >= 11 is 6.01. The largest absolute Gasteiger partial charge is 0.461 e. The van der Waals surface area contributed by atoms with Gasteiger partial charge in [-0.25, -0.2) is 0 Å². The van der Waals surface area contributed by atoms with Crippen LogP contribution < -0.4 is 0 Å². The van der Waals surface area contributed by atoms with Crippen LogP contribution in [-0.4, -0.2) is 29.9 Å².